The highest BCUT2D eigenvalue weighted by molar-refractivity contribution is 6.31. The lowest BCUT2D eigenvalue weighted by Gasteiger charge is -2.45. The molecule has 0 radical (unpaired) electrons. The number of piperazine rings is 1. The lowest BCUT2D eigenvalue weighted by molar-refractivity contribution is 0.0352. The number of nitrogens with zero attached hydrogens (tertiary/aromatic N) is 2. The van der Waals surface area contributed by atoms with E-state index in [4.69, 9.17) is 17.3 Å². The first-order valence-corrected chi connectivity index (χ1v) is 7.32. The van der Waals surface area contributed by atoms with E-state index in [0.29, 0.717) is 18.6 Å². The molecular weight excluding hydrogens is 258 g/mol. The maximum Gasteiger partial charge on any atom is 0.0486 e. The monoisotopic (exact) mass is 281 g/mol. The molecule has 3 unspecified atom stereocenters. The van der Waals surface area contributed by atoms with Crippen molar-refractivity contribution in [2.75, 3.05) is 26.7 Å². The summed E-state index contributed by atoms with van der Waals surface area (Å²) in [5.41, 5.74) is 7.16. The largest absolute Gasteiger partial charge is 0.329 e. The van der Waals surface area contributed by atoms with Crippen LogP contribution in [0.4, 0.5) is 0 Å². The first kappa shape index (κ1) is 14.8. The van der Waals surface area contributed by atoms with Crippen molar-refractivity contribution in [2.24, 2.45) is 5.73 Å². The number of hydrogen-bond acceptors (Lipinski definition) is 3. The Morgan fingerprint density at radius 1 is 1.26 bits per heavy atom. The third-order valence-electron chi connectivity index (χ3n) is 4.32. The summed E-state index contributed by atoms with van der Waals surface area (Å²) in [4.78, 5) is 4.90. The van der Waals surface area contributed by atoms with Gasteiger partial charge in [0.25, 0.3) is 0 Å². The van der Waals surface area contributed by atoms with Crippen LogP contribution in [0.3, 0.4) is 0 Å². The van der Waals surface area contributed by atoms with E-state index in [1.54, 1.807) is 0 Å². The molecule has 4 heteroatoms. The van der Waals surface area contributed by atoms with Gasteiger partial charge in [-0.05, 0) is 32.5 Å². The predicted molar refractivity (Wildman–Crippen MR) is 81.5 cm³/mol. The van der Waals surface area contributed by atoms with Gasteiger partial charge in [0.05, 0.1) is 0 Å². The Balaban J connectivity index is 2.21. The van der Waals surface area contributed by atoms with Crippen LogP contribution in [0.15, 0.2) is 24.3 Å². The molecule has 0 saturated carbocycles. The second kappa shape index (κ2) is 6.23. The third-order valence-corrected chi connectivity index (χ3v) is 4.66. The van der Waals surface area contributed by atoms with Crippen LogP contribution >= 0.6 is 11.6 Å². The van der Waals surface area contributed by atoms with Gasteiger partial charge in [0.1, 0.15) is 0 Å². The average Bonchev–Trinajstić information content (AvgIpc) is 2.39. The molecule has 19 heavy (non-hydrogen) atoms. The molecule has 2 rings (SSSR count). The number of rotatable bonds is 3. The molecule has 1 fully saturated rings. The lowest BCUT2D eigenvalue weighted by atomic mass is 10.0. The number of halogens is 1. The summed E-state index contributed by atoms with van der Waals surface area (Å²) in [6, 6.07) is 9.34. The van der Waals surface area contributed by atoms with E-state index in [1.807, 2.05) is 18.2 Å². The molecule has 1 heterocycles. The second-order valence-corrected chi connectivity index (χ2v) is 6.00. The molecule has 106 valence electrons. The van der Waals surface area contributed by atoms with Crippen molar-refractivity contribution in [3.8, 4) is 0 Å². The van der Waals surface area contributed by atoms with Gasteiger partial charge in [0.2, 0.25) is 0 Å². The number of hydrogen-bond donors (Lipinski definition) is 1. The SMILES string of the molecule is CC1CN(C(CN)c2ccccc2Cl)CC(C)N1C. The van der Waals surface area contributed by atoms with Crippen molar-refractivity contribution < 1.29 is 0 Å². The van der Waals surface area contributed by atoms with Crippen LogP contribution in [-0.4, -0.2) is 48.6 Å². The van der Waals surface area contributed by atoms with Gasteiger partial charge in [-0.2, -0.15) is 0 Å². The molecule has 3 atom stereocenters. The van der Waals surface area contributed by atoms with Gasteiger partial charge in [0, 0.05) is 42.8 Å². The summed E-state index contributed by atoms with van der Waals surface area (Å²) in [7, 11) is 2.19. The van der Waals surface area contributed by atoms with Crippen LogP contribution in [-0.2, 0) is 0 Å². The number of benzene rings is 1. The molecule has 0 aliphatic carbocycles. The lowest BCUT2D eigenvalue weighted by Crippen LogP contribution is -2.56. The molecule has 1 aromatic carbocycles. The standard InChI is InChI=1S/C15H24ClN3/c1-11-9-19(10-12(2)18(11)3)15(8-17)13-6-4-5-7-14(13)16/h4-7,11-12,15H,8-10,17H2,1-3H3. The zero-order chi connectivity index (χ0) is 14.0. The second-order valence-electron chi connectivity index (χ2n) is 5.59. The molecule has 0 spiro atoms. The molecule has 2 N–H and O–H groups in total. The minimum Gasteiger partial charge on any atom is -0.329 e. The van der Waals surface area contributed by atoms with E-state index in [0.717, 1.165) is 23.7 Å². The summed E-state index contributed by atoms with van der Waals surface area (Å²) < 4.78 is 0. The number of likely N-dealkylation sites (N-methyl/N-ethyl adjacent to an activating group) is 1. The fourth-order valence-electron chi connectivity index (χ4n) is 2.92. The quantitative estimate of drug-likeness (QED) is 0.923. The van der Waals surface area contributed by atoms with Gasteiger partial charge in [0.15, 0.2) is 0 Å². The smallest absolute Gasteiger partial charge is 0.0486 e. The van der Waals surface area contributed by atoms with Crippen molar-refractivity contribution in [1.82, 2.24) is 9.80 Å². The highest BCUT2D eigenvalue weighted by Crippen LogP contribution is 2.29. The predicted octanol–water partition coefficient (Wildman–Crippen LogP) is 2.36. The Bertz CT molecular complexity index is 412. The molecule has 1 aromatic rings. The molecule has 1 saturated heterocycles. The van der Waals surface area contributed by atoms with Crippen molar-refractivity contribution in [3.63, 3.8) is 0 Å². The van der Waals surface area contributed by atoms with Crippen LogP contribution in [0.2, 0.25) is 5.02 Å². The van der Waals surface area contributed by atoms with E-state index in [1.165, 1.54) is 0 Å². The van der Waals surface area contributed by atoms with Crippen LogP contribution in [0, 0.1) is 0 Å². The molecule has 0 amide bonds. The average molecular weight is 282 g/mol. The summed E-state index contributed by atoms with van der Waals surface area (Å²) in [6.45, 7) is 7.21. The van der Waals surface area contributed by atoms with Gasteiger partial charge in [-0.3, -0.25) is 9.80 Å². The number of nitrogens with two attached hydrogens (primary N) is 1. The third kappa shape index (κ3) is 3.11. The maximum absolute atomic E-state index is 6.33. The van der Waals surface area contributed by atoms with Crippen molar-refractivity contribution in [3.05, 3.63) is 34.9 Å². The zero-order valence-electron chi connectivity index (χ0n) is 12.0. The summed E-state index contributed by atoms with van der Waals surface area (Å²) in [6.07, 6.45) is 0. The summed E-state index contributed by atoms with van der Waals surface area (Å²) in [5, 5.41) is 0.817. The highest BCUT2D eigenvalue weighted by atomic mass is 35.5. The van der Waals surface area contributed by atoms with Crippen LogP contribution in [0.1, 0.15) is 25.5 Å². The van der Waals surface area contributed by atoms with Crippen molar-refractivity contribution in [2.45, 2.75) is 32.0 Å². The Morgan fingerprint density at radius 3 is 2.37 bits per heavy atom. The van der Waals surface area contributed by atoms with Crippen molar-refractivity contribution in [1.29, 1.82) is 0 Å². The van der Waals surface area contributed by atoms with E-state index in [9.17, 15) is 0 Å². The first-order valence-electron chi connectivity index (χ1n) is 6.95. The topological polar surface area (TPSA) is 32.5 Å². The fourth-order valence-corrected chi connectivity index (χ4v) is 3.18. The molecule has 3 nitrogen and oxygen atoms in total. The Hall–Kier alpha value is -0.610. The molecular formula is C15H24ClN3. The molecule has 1 aliphatic rings. The molecule has 1 aliphatic heterocycles. The van der Waals surface area contributed by atoms with Gasteiger partial charge >= 0.3 is 0 Å². The summed E-state index contributed by atoms with van der Waals surface area (Å²) >= 11 is 6.33. The van der Waals surface area contributed by atoms with Gasteiger partial charge in [-0.15, -0.1) is 0 Å². The molecule has 0 aromatic heterocycles. The minimum atomic E-state index is 0.215. The summed E-state index contributed by atoms with van der Waals surface area (Å²) in [5.74, 6) is 0. The van der Waals surface area contributed by atoms with E-state index in [2.05, 4.69) is 36.8 Å². The Kier molecular flexibility index (Phi) is 4.85. The normalized spacial score (nSPS) is 27.4. The fraction of sp³-hybridized carbons (Fsp3) is 0.600. The van der Waals surface area contributed by atoms with Crippen LogP contribution < -0.4 is 5.73 Å². The highest BCUT2D eigenvalue weighted by Gasteiger charge is 2.31. The van der Waals surface area contributed by atoms with E-state index < -0.39 is 0 Å². The van der Waals surface area contributed by atoms with Crippen molar-refractivity contribution >= 4 is 11.6 Å². The first-order chi connectivity index (χ1) is 9.04. The van der Waals surface area contributed by atoms with E-state index in [-0.39, 0.29) is 6.04 Å². The van der Waals surface area contributed by atoms with E-state index >= 15 is 0 Å². The maximum atomic E-state index is 6.33. The molecule has 0 bridgehead atoms. The van der Waals surface area contributed by atoms with Gasteiger partial charge in [-0.1, -0.05) is 29.8 Å². The minimum absolute atomic E-state index is 0.215. The van der Waals surface area contributed by atoms with Crippen LogP contribution in [0.5, 0.6) is 0 Å². The van der Waals surface area contributed by atoms with Gasteiger partial charge in [-0.25, -0.2) is 0 Å². The van der Waals surface area contributed by atoms with Crippen LogP contribution in [0.25, 0.3) is 0 Å². The Morgan fingerprint density at radius 2 is 1.84 bits per heavy atom. The van der Waals surface area contributed by atoms with Gasteiger partial charge < -0.3 is 5.73 Å². The Labute approximate surface area is 121 Å². The zero-order valence-corrected chi connectivity index (χ0v) is 12.8.